The molecule has 1 heterocycles. The Hall–Kier alpha value is -0.640. The van der Waals surface area contributed by atoms with Crippen molar-refractivity contribution in [3.63, 3.8) is 0 Å². The maximum atomic E-state index is 6.15. The van der Waals surface area contributed by atoms with Gasteiger partial charge in [0.15, 0.2) is 0 Å². The van der Waals surface area contributed by atoms with Gasteiger partial charge in [0.05, 0.1) is 5.69 Å². The van der Waals surface area contributed by atoms with E-state index in [1.807, 2.05) is 12.1 Å². The molecule has 0 fully saturated rings. The fourth-order valence-electron chi connectivity index (χ4n) is 2.50. The number of unbranched alkanes of at least 4 members (excludes halogenated alkanes) is 1. The van der Waals surface area contributed by atoms with Gasteiger partial charge in [0, 0.05) is 27.9 Å². The second-order valence-electron chi connectivity index (χ2n) is 5.94. The van der Waals surface area contributed by atoms with E-state index in [9.17, 15) is 0 Å². The van der Waals surface area contributed by atoms with E-state index in [0.717, 1.165) is 30.1 Å². The van der Waals surface area contributed by atoms with Crippen molar-refractivity contribution in [2.75, 3.05) is 0 Å². The lowest BCUT2D eigenvalue weighted by Crippen LogP contribution is -2.04. The van der Waals surface area contributed by atoms with E-state index in [0.29, 0.717) is 16.0 Å². The van der Waals surface area contributed by atoms with E-state index in [1.54, 1.807) is 17.8 Å². The van der Waals surface area contributed by atoms with Crippen molar-refractivity contribution in [3.8, 4) is 0 Å². The Morgan fingerprint density at radius 1 is 1.13 bits per heavy atom. The molecule has 0 amide bonds. The summed E-state index contributed by atoms with van der Waals surface area (Å²) in [6.07, 6.45) is 3.27. The largest absolute Gasteiger partial charge is 0.323 e. The van der Waals surface area contributed by atoms with Crippen molar-refractivity contribution in [1.29, 1.82) is 0 Å². The Kier molecular flexibility index (Phi) is 6.87. The van der Waals surface area contributed by atoms with Gasteiger partial charge in [-0.2, -0.15) is 0 Å². The van der Waals surface area contributed by atoms with Gasteiger partial charge in [0.2, 0.25) is 0 Å². The number of aryl methyl sites for hydroxylation is 1. The first-order valence-corrected chi connectivity index (χ1v) is 9.76. The summed E-state index contributed by atoms with van der Waals surface area (Å²) in [5.41, 5.74) is 1.17. The van der Waals surface area contributed by atoms with Crippen molar-refractivity contribution in [2.45, 2.75) is 69.3 Å². The average molecular weight is 371 g/mol. The number of aromatic nitrogens is 2. The number of imidazole rings is 1. The number of hydrogen-bond acceptors (Lipinski definition) is 2. The van der Waals surface area contributed by atoms with E-state index in [1.165, 1.54) is 17.1 Å². The van der Waals surface area contributed by atoms with Gasteiger partial charge in [0.25, 0.3) is 0 Å². The lowest BCUT2D eigenvalue weighted by atomic mass is 10.1. The summed E-state index contributed by atoms with van der Waals surface area (Å²) in [6, 6.07) is 5.69. The zero-order valence-electron chi connectivity index (χ0n) is 14.2. The quantitative estimate of drug-likeness (QED) is 0.531. The molecule has 0 atom stereocenters. The maximum Gasteiger partial charge on any atom is 0.109 e. The minimum absolute atomic E-state index is 0.389. The van der Waals surface area contributed by atoms with Crippen LogP contribution in [-0.2, 0) is 13.0 Å². The molecule has 23 heavy (non-hydrogen) atoms. The molecule has 0 unspecified atom stereocenters. The third-order valence-corrected chi connectivity index (χ3v) is 5.21. The number of nitrogens with zero attached hydrogens (tertiary/aromatic N) is 2. The number of hydrogen-bond donors (Lipinski definition) is 0. The van der Waals surface area contributed by atoms with Crippen molar-refractivity contribution in [3.05, 3.63) is 39.8 Å². The summed E-state index contributed by atoms with van der Waals surface area (Å²) >= 11 is 14.0. The first-order chi connectivity index (χ1) is 11.0. The minimum atomic E-state index is 0.389. The van der Waals surface area contributed by atoms with Crippen molar-refractivity contribution < 1.29 is 0 Å². The van der Waals surface area contributed by atoms with Crippen LogP contribution in [0.1, 0.15) is 58.0 Å². The fourth-order valence-corrected chi connectivity index (χ4v) is 4.45. The lowest BCUT2D eigenvalue weighted by molar-refractivity contribution is 0.569. The molecule has 2 nitrogen and oxygen atoms in total. The van der Waals surface area contributed by atoms with E-state index >= 15 is 0 Å². The van der Waals surface area contributed by atoms with Crippen molar-refractivity contribution in [1.82, 2.24) is 9.55 Å². The van der Waals surface area contributed by atoms with Crippen LogP contribution in [0.25, 0.3) is 0 Å². The molecule has 1 aromatic heterocycles. The molecule has 0 aliphatic rings. The van der Waals surface area contributed by atoms with E-state index in [-0.39, 0.29) is 0 Å². The third kappa shape index (κ3) is 4.68. The Labute approximate surface area is 153 Å². The number of benzene rings is 1. The summed E-state index contributed by atoms with van der Waals surface area (Å²) < 4.78 is 2.37. The molecular formula is C18H24Cl2N2S. The van der Waals surface area contributed by atoms with E-state index < -0.39 is 0 Å². The molecule has 2 aromatic rings. The highest BCUT2D eigenvalue weighted by Gasteiger charge is 2.19. The van der Waals surface area contributed by atoms with Gasteiger partial charge in [-0.3, -0.25) is 0 Å². The summed E-state index contributed by atoms with van der Waals surface area (Å²) in [4.78, 5) is 5.96. The minimum Gasteiger partial charge on any atom is -0.323 e. The van der Waals surface area contributed by atoms with Crippen LogP contribution in [0.15, 0.2) is 28.1 Å². The predicted octanol–water partition coefficient (Wildman–Crippen LogP) is 6.83. The van der Waals surface area contributed by atoms with Crippen LogP contribution >= 0.6 is 35.0 Å². The molecule has 0 saturated carbocycles. The van der Waals surface area contributed by atoms with E-state index in [2.05, 4.69) is 32.3 Å². The topological polar surface area (TPSA) is 17.8 Å². The number of rotatable bonds is 7. The normalized spacial score (nSPS) is 11.4. The van der Waals surface area contributed by atoms with Crippen LogP contribution in [0.4, 0.5) is 0 Å². The predicted molar refractivity (Wildman–Crippen MR) is 101 cm³/mol. The van der Waals surface area contributed by atoms with Gasteiger partial charge in [-0.1, -0.05) is 69.1 Å². The Bertz CT molecular complexity index is 645. The molecule has 2 rings (SSSR count). The molecule has 126 valence electrons. The molecule has 5 heteroatoms. The Morgan fingerprint density at radius 2 is 1.78 bits per heavy atom. The van der Waals surface area contributed by atoms with Crippen LogP contribution in [0.2, 0.25) is 10.0 Å². The Balaban J connectivity index is 2.46. The molecule has 0 bridgehead atoms. The Morgan fingerprint density at radius 3 is 2.30 bits per heavy atom. The summed E-state index contributed by atoms with van der Waals surface area (Å²) in [7, 11) is 0. The molecule has 0 spiro atoms. The average Bonchev–Trinajstić information content (AvgIpc) is 2.82. The first kappa shape index (κ1) is 18.7. The van der Waals surface area contributed by atoms with Crippen LogP contribution in [0.3, 0.4) is 0 Å². The highest BCUT2D eigenvalue weighted by atomic mass is 35.5. The SMILES string of the molecule is CCCCn1c(CC)nc(C(C)C)c1Sc1cc(Cl)cc(Cl)c1. The van der Waals surface area contributed by atoms with Gasteiger partial charge in [-0.25, -0.2) is 4.98 Å². The molecular weight excluding hydrogens is 347 g/mol. The van der Waals surface area contributed by atoms with Crippen molar-refractivity contribution in [2.24, 2.45) is 0 Å². The van der Waals surface area contributed by atoms with Gasteiger partial charge < -0.3 is 4.57 Å². The highest BCUT2D eigenvalue weighted by molar-refractivity contribution is 7.99. The summed E-state index contributed by atoms with van der Waals surface area (Å²) in [5.74, 6) is 1.55. The monoisotopic (exact) mass is 370 g/mol. The molecule has 0 radical (unpaired) electrons. The molecule has 0 aliphatic heterocycles. The fraction of sp³-hybridized carbons (Fsp3) is 0.500. The number of halogens is 2. The second kappa shape index (κ2) is 8.46. The van der Waals surface area contributed by atoms with Crippen LogP contribution < -0.4 is 0 Å². The standard InChI is InChI=1S/C18H24Cl2N2S/c1-5-7-8-22-16(6-2)21-17(12(3)4)18(22)23-15-10-13(19)9-14(20)11-15/h9-12H,5-8H2,1-4H3. The van der Waals surface area contributed by atoms with Gasteiger partial charge in [0.1, 0.15) is 10.9 Å². The molecule has 0 saturated heterocycles. The molecule has 0 N–H and O–H groups in total. The van der Waals surface area contributed by atoms with Gasteiger partial charge in [-0.05, 0) is 30.5 Å². The molecule has 0 aliphatic carbocycles. The zero-order chi connectivity index (χ0) is 17.0. The maximum absolute atomic E-state index is 6.15. The van der Waals surface area contributed by atoms with Crippen LogP contribution in [-0.4, -0.2) is 9.55 Å². The van der Waals surface area contributed by atoms with Gasteiger partial charge >= 0.3 is 0 Å². The van der Waals surface area contributed by atoms with Crippen LogP contribution in [0.5, 0.6) is 0 Å². The van der Waals surface area contributed by atoms with Gasteiger partial charge in [-0.15, -0.1) is 0 Å². The highest BCUT2D eigenvalue weighted by Crippen LogP contribution is 2.37. The van der Waals surface area contributed by atoms with Crippen LogP contribution in [0, 0.1) is 0 Å². The smallest absolute Gasteiger partial charge is 0.109 e. The summed E-state index contributed by atoms with van der Waals surface area (Å²) in [5, 5.41) is 2.56. The van der Waals surface area contributed by atoms with Crippen molar-refractivity contribution >= 4 is 35.0 Å². The zero-order valence-corrected chi connectivity index (χ0v) is 16.5. The second-order valence-corrected chi connectivity index (χ2v) is 7.87. The summed E-state index contributed by atoms with van der Waals surface area (Å²) in [6.45, 7) is 9.78. The first-order valence-electron chi connectivity index (χ1n) is 8.19. The molecule has 1 aromatic carbocycles. The third-order valence-electron chi connectivity index (χ3n) is 3.67. The lowest BCUT2D eigenvalue weighted by Gasteiger charge is -2.13. The van der Waals surface area contributed by atoms with E-state index in [4.69, 9.17) is 28.2 Å².